The van der Waals surface area contributed by atoms with Crippen LogP contribution in [0.2, 0.25) is 5.02 Å². The molecule has 0 bridgehead atoms. The van der Waals surface area contributed by atoms with Crippen LogP contribution in [0, 0.1) is 11.8 Å². The van der Waals surface area contributed by atoms with E-state index in [2.05, 4.69) is 35.2 Å². The smallest absolute Gasteiger partial charge is 0.268 e. The van der Waals surface area contributed by atoms with Crippen LogP contribution in [-0.2, 0) is 6.54 Å². The number of fused-ring (bicyclic) bond motifs is 1. The Morgan fingerprint density at radius 1 is 1.22 bits per heavy atom. The number of carbonyl (C=O) groups is 1. The van der Waals surface area contributed by atoms with Crippen molar-refractivity contribution in [3.05, 3.63) is 58.1 Å². The van der Waals surface area contributed by atoms with E-state index < -0.39 is 0 Å². The normalized spacial score (nSPS) is 22.9. The topological polar surface area (TPSA) is 34.0 Å². The van der Waals surface area contributed by atoms with Crippen molar-refractivity contribution in [3.63, 3.8) is 0 Å². The molecule has 142 valence electrons. The van der Waals surface area contributed by atoms with E-state index in [-0.39, 0.29) is 11.9 Å². The van der Waals surface area contributed by atoms with Crippen molar-refractivity contribution in [1.82, 2.24) is 9.88 Å². The van der Waals surface area contributed by atoms with Crippen molar-refractivity contribution in [1.29, 1.82) is 0 Å². The molecule has 1 aliphatic rings. The maximum absolute atomic E-state index is 13.1. The summed E-state index contributed by atoms with van der Waals surface area (Å²) in [6.45, 7) is 5.22. The molecule has 27 heavy (non-hydrogen) atoms. The zero-order valence-electron chi connectivity index (χ0n) is 15.7. The summed E-state index contributed by atoms with van der Waals surface area (Å²) in [6.07, 6.45) is 3.52. The van der Waals surface area contributed by atoms with E-state index in [0.29, 0.717) is 18.4 Å². The molecule has 5 heteroatoms. The summed E-state index contributed by atoms with van der Waals surface area (Å²) in [5.41, 5.74) is 3.00. The fourth-order valence-electron chi connectivity index (χ4n) is 4.14. The standard InChI is InChI=1S/C22H25ClN2OS/c1-14-4-3-5-18(15(14)2)24-22(26)20-12-21-19(10-11-27-21)25(20)13-16-6-8-17(23)9-7-16/h6-12,14-15,18H,3-5,13H2,1-2H3,(H,24,26). The molecule has 3 atom stereocenters. The Balaban J connectivity index is 1.62. The molecule has 2 aromatic heterocycles. The zero-order chi connectivity index (χ0) is 19.0. The van der Waals surface area contributed by atoms with E-state index in [1.54, 1.807) is 11.3 Å². The average molecular weight is 401 g/mol. The number of rotatable bonds is 4. The van der Waals surface area contributed by atoms with Gasteiger partial charge in [-0.15, -0.1) is 11.3 Å². The van der Waals surface area contributed by atoms with E-state index in [4.69, 9.17) is 11.6 Å². The van der Waals surface area contributed by atoms with Gasteiger partial charge in [0.25, 0.3) is 5.91 Å². The SMILES string of the molecule is CC1CCCC(NC(=O)c2cc3sccc3n2Cc2ccc(Cl)cc2)C1C. The van der Waals surface area contributed by atoms with E-state index in [1.165, 1.54) is 12.8 Å². The van der Waals surface area contributed by atoms with Gasteiger partial charge in [0.15, 0.2) is 0 Å². The van der Waals surface area contributed by atoms with E-state index in [1.807, 2.05) is 30.3 Å². The summed E-state index contributed by atoms with van der Waals surface area (Å²) in [5, 5.41) is 6.13. The van der Waals surface area contributed by atoms with Gasteiger partial charge in [-0.2, -0.15) is 0 Å². The van der Waals surface area contributed by atoms with E-state index >= 15 is 0 Å². The van der Waals surface area contributed by atoms with Crippen LogP contribution in [0.3, 0.4) is 0 Å². The van der Waals surface area contributed by atoms with Gasteiger partial charge in [-0.05, 0) is 53.5 Å². The Morgan fingerprint density at radius 2 is 2.00 bits per heavy atom. The first kappa shape index (κ1) is 18.6. The molecule has 4 rings (SSSR count). The van der Waals surface area contributed by atoms with Gasteiger partial charge in [0.1, 0.15) is 5.69 Å². The second kappa shape index (κ2) is 7.69. The lowest BCUT2D eigenvalue weighted by atomic mass is 9.78. The minimum atomic E-state index is 0.0401. The molecule has 3 aromatic rings. The molecular formula is C22H25ClN2OS. The predicted molar refractivity (Wildman–Crippen MR) is 114 cm³/mol. The minimum absolute atomic E-state index is 0.0401. The third-order valence-corrected chi connectivity index (χ3v) is 7.14. The first-order valence-corrected chi connectivity index (χ1v) is 10.9. The number of halogens is 1. The Kier molecular flexibility index (Phi) is 5.29. The number of amides is 1. The van der Waals surface area contributed by atoms with Crippen molar-refractivity contribution in [2.45, 2.75) is 45.7 Å². The van der Waals surface area contributed by atoms with Gasteiger partial charge < -0.3 is 9.88 Å². The molecule has 3 unspecified atom stereocenters. The van der Waals surface area contributed by atoms with Crippen LogP contribution < -0.4 is 5.32 Å². The number of nitrogens with one attached hydrogen (secondary N) is 1. The van der Waals surface area contributed by atoms with Crippen LogP contribution in [0.25, 0.3) is 10.2 Å². The number of hydrogen-bond donors (Lipinski definition) is 1. The lowest BCUT2D eigenvalue weighted by Gasteiger charge is -2.34. The van der Waals surface area contributed by atoms with Gasteiger partial charge >= 0.3 is 0 Å². The Labute approximate surface area is 169 Å². The number of hydrogen-bond acceptors (Lipinski definition) is 2. The lowest BCUT2D eigenvalue weighted by Crippen LogP contribution is -2.44. The van der Waals surface area contributed by atoms with Crippen molar-refractivity contribution in [2.75, 3.05) is 0 Å². The summed E-state index contributed by atoms with van der Waals surface area (Å²) >= 11 is 7.70. The number of carbonyl (C=O) groups excluding carboxylic acids is 1. The molecule has 1 saturated carbocycles. The van der Waals surface area contributed by atoms with Crippen LogP contribution in [0.1, 0.15) is 49.2 Å². The highest BCUT2D eigenvalue weighted by molar-refractivity contribution is 7.17. The molecule has 1 aliphatic carbocycles. The van der Waals surface area contributed by atoms with Crippen molar-refractivity contribution in [2.24, 2.45) is 11.8 Å². The summed E-state index contributed by atoms with van der Waals surface area (Å²) < 4.78 is 3.28. The van der Waals surface area contributed by atoms with Crippen LogP contribution in [0.4, 0.5) is 0 Å². The van der Waals surface area contributed by atoms with Gasteiger partial charge in [0.2, 0.25) is 0 Å². The highest BCUT2D eigenvalue weighted by Crippen LogP contribution is 2.31. The van der Waals surface area contributed by atoms with Crippen LogP contribution in [-0.4, -0.2) is 16.5 Å². The quantitative estimate of drug-likeness (QED) is 0.576. The third kappa shape index (κ3) is 3.78. The molecule has 1 amide bonds. The van der Waals surface area contributed by atoms with Gasteiger partial charge in [-0.1, -0.05) is 50.4 Å². The Hall–Kier alpha value is -1.78. The molecular weight excluding hydrogens is 376 g/mol. The predicted octanol–water partition coefficient (Wildman–Crippen LogP) is 5.96. The monoisotopic (exact) mass is 400 g/mol. The van der Waals surface area contributed by atoms with E-state index in [9.17, 15) is 4.79 Å². The molecule has 0 radical (unpaired) electrons. The van der Waals surface area contributed by atoms with Gasteiger partial charge in [0.05, 0.1) is 10.2 Å². The number of thiophene rings is 1. The zero-order valence-corrected chi connectivity index (χ0v) is 17.3. The highest BCUT2D eigenvalue weighted by Gasteiger charge is 2.29. The minimum Gasteiger partial charge on any atom is -0.348 e. The average Bonchev–Trinajstić information content (AvgIpc) is 3.23. The molecule has 0 aliphatic heterocycles. The molecule has 0 saturated heterocycles. The first-order chi connectivity index (χ1) is 13.0. The summed E-state index contributed by atoms with van der Waals surface area (Å²) in [7, 11) is 0. The van der Waals surface area contributed by atoms with Gasteiger partial charge in [-0.3, -0.25) is 4.79 Å². The second-order valence-electron chi connectivity index (χ2n) is 7.76. The second-order valence-corrected chi connectivity index (χ2v) is 9.14. The maximum Gasteiger partial charge on any atom is 0.268 e. The fraction of sp³-hybridized carbons (Fsp3) is 0.409. The van der Waals surface area contributed by atoms with Crippen LogP contribution in [0.5, 0.6) is 0 Å². The Bertz CT molecular complexity index is 943. The summed E-state index contributed by atoms with van der Waals surface area (Å²) in [4.78, 5) is 13.1. The number of nitrogens with zero attached hydrogens (tertiary/aromatic N) is 1. The number of aromatic nitrogens is 1. The third-order valence-electron chi connectivity index (χ3n) is 6.03. The first-order valence-electron chi connectivity index (χ1n) is 9.65. The van der Waals surface area contributed by atoms with Crippen molar-refractivity contribution in [3.8, 4) is 0 Å². The maximum atomic E-state index is 13.1. The largest absolute Gasteiger partial charge is 0.348 e. The molecule has 0 spiro atoms. The molecule has 1 N–H and O–H groups in total. The fourth-order valence-corrected chi connectivity index (χ4v) is 5.08. The molecule has 2 heterocycles. The highest BCUT2D eigenvalue weighted by atomic mass is 35.5. The molecule has 1 fully saturated rings. The van der Waals surface area contributed by atoms with Gasteiger partial charge in [0, 0.05) is 17.6 Å². The molecule has 1 aromatic carbocycles. The Morgan fingerprint density at radius 3 is 2.78 bits per heavy atom. The van der Waals surface area contributed by atoms with Crippen molar-refractivity contribution < 1.29 is 4.79 Å². The van der Waals surface area contributed by atoms with Crippen molar-refractivity contribution >= 4 is 39.1 Å². The lowest BCUT2D eigenvalue weighted by molar-refractivity contribution is 0.0882. The number of benzene rings is 1. The van der Waals surface area contributed by atoms with Crippen LogP contribution >= 0.6 is 22.9 Å². The van der Waals surface area contributed by atoms with E-state index in [0.717, 1.165) is 32.9 Å². The van der Waals surface area contributed by atoms with Gasteiger partial charge in [-0.25, -0.2) is 0 Å². The molecule has 3 nitrogen and oxygen atoms in total. The van der Waals surface area contributed by atoms with Crippen LogP contribution in [0.15, 0.2) is 41.8 Å². The summed E-state index contributed by atoms with van der Waals surface area (Å²) in [6, 6.07) is 12.2. The summed E-state index contributed by atoms with van der Waals surface area (Å²) in [5.74, 6) is 1.22.